The Bertz CT molecular complexity index is 613. The highest BCUT2D eigenvalue weighted by Crippen LogP contribution is 2.15. The van der Waals surface area contributed by atoms with Crippen LogP contribution in [0.2, 0.25) is 0 Å². The fraction of sp³-hybridized carbons (Fsp3) is 0.353. The predicted octanol–water partition coefficient (Wildman–Crippen LogP) is 1.94. The maximum Gasteiger partial charge on any atom is 0.254 e. The van der Waals surface area contributed by atoms with Gasteiger partial charge in [-0.15, -0.1) is 0 Å². The Balaban J connectivity index is 1.90. The van der Waals surface area contributed by atoms with Crippen molar-refractivity contribution >= 4 is 11.9 Å². The van der Waals surface area contributed by atoms with Crippen molar-refractivity contribution < 1.29 is 4.79 Å². The second-order valence-corrected chi connectivity index (χ2v) is 5.63. The zero-order valence-electron chi connectivity index (χ0n) is 13.8. The number of nitrogens with one attached hydrogen (secondary N) is 2. The average molecular weight is 313 g/mol. The fourth-order valence-corrected chi connectivity index (χ4v) is 2.03. The van der Waals surface area contributed by atoms with Gasteiger partial charge in [0.05, 0.1) is 11.6 Å². The van der Waals surface area contributed by atoms with Gasteiger partial charge < -0.3 is 15.5 Å². The minimum Gasteiger partial charge on any atom is -0.351 e. The van der Waals surface area contributed by atoms with E-state index in [4.69, 9.17) is 0 Å². The van der Waals surface area contributed by atoms with Crippen LogP contribution in [0.25, 0.3) is 0 Å². The van der Waals surface area contributed by atoms with Gasteiger partial charge in [0, 0.05) is 25.5 Å². The number of rotatable bonds is 7. The number of hydrogen-bond donors (Lipinski definition) is 2. The quantitative estimate of drug-likeness (QED) is 0.817. The first-order valence-electron chi connectivity index (χ1n) is 7.62. The van der Waals surface area contributed by atoms with Gasteiger partial charge in [0.25, 0.3) is 5.91 Å². The summed E-state index contributed by atoms with van der Waals surface area (Å²) in [6, 6.07) is 10.2. The fourth-order valence-electron chi connectivity index (χ4n) is 2.03. The summed E-state index contributed by atoms with van der Waals surface area (Å²) >= 11 is 0. The standard InChI is InChI=1S/C17H23N5O/c1-13(14-7-5-4-6-8-14)21-17-19-11-15(12-20-17)16(23)18-9-10-22(2)3/h4-8,11-13H,9-10H2,1-3H3,(H,18,23)(H,19,20,21). The molecule has 1 aromatic carbocycles. The van der Waals surface area contributed by atoms with E-state index in [-0.39, 0.29) is 11.9 Å². The molecule has 1 aromatic heterocycles. The molecule has 0 saturated carbocycles. The van der Waals surface area contributed by atoms with E-state index in [0.717, 1.165) is 12.1 Å². The van der Waals surface area contributed by atoms with Gasteiger partial charge in [0.1, 0.15) is 0 Å². The van der Waals surface area contributed by atoms with Gasteiger partial charge in [-0.2, -0.15) is 0 Å². The number of anilines is 1. The second kappa shape index (κ2) is 8.24. The average Bonchev–Trinajstić information content (AvgIpc) is 2.56. The van der Waals surface area contributed by atoms with Crippen molar-refractivity contribution in [2.24, 2.45) is 0 Å². The number of aromatic nitrogens is 2. The zero-order valence-corrected chi connectivity index (χ0v) is 13.8. The third-order valence-electron chi connectivity index (χ3n) is 3.40. The molecule has 0 fully saturated rings. The minimum atomic E-state index is -0.158. The van der Waals surface area contributed by atoms with Crippen LogP contribution in [0, 0.1) is 0 Å². The SMILES string of the molecule is CC(Nc1ncc(C(=O)NCCN(C)C)cn1)c1ccccc1. The van der Waals surface area contributed by atoms with Crippen LogP contribution >= 0.6 is 0 Å². The Kier molecular flexibility index (Phi) is 6.05. The maximum atomic E-state index is 12.0. The van der Waals surface area contributed by atoms with Crippen molar-refractivity contribution in [3.63, 3.8) is 0 Å². The van der Waals surface area contributed by atoms with Crippen LogP contribution < -0.4 is 10.6 Å². The van der Waals surface area contributed by atoms with Crippen molar-refractivity contribution in [1.29, 1.82) is 0 Å². The molecule has 0 aliphatic heterocycles. The number of nitrogens with zero attached hydrogens (tertiary/aromatic N) is 3. The number of hydrogen-bond acceptors (Lipinski definition) is 5. The second-order valence-electron chi connectivity index (χ2n) is 5.63. The summed E-state index contributed by atoms with van der Waals surface area (Å²) in [6.07, 6.45) is 3.08. The highest BCUT2D eigenvalue weighted by Gasteiger charge is 2.09. The predicted molar refractivity (Wildman–Crippen MR) is 91.4 cm³/mol. The van der Waals surface area contributed by atoms with Crippen molar-refractivity contribution in [1.82, 2.24) is 20.2 Å². The number of amides is 1. The number of benzene rings is 1. The molecule has 1 heterocycles. The summed E-state index contributed by atoms with van der Waals surface area (Å²) in [7, 11) is 3.92. The number of carbonyl (C=O) groups is 1. The van der Waals surface area contributed by atoms with Gasteiger partial charge in [0.15, 0.2) is 0 Å². The van der Waals surface area contributed by atoms with E-state index in [9.17, 15) is 4.79 Å². The Labute approximate surface area is 137 Å². The van der Waals surface area contributed by atoms with Crippen LogP contribution in [0.1, 0.15) is 28.9 Å². The molecule has 1 amide bonds. The normalized spacial score (nSPS) is 12.0. The molecule has 122 valence electrons. The maximum absolute atomic E-state index is 12.0. The summed E-state index contributed by atoms with van der Waals surface area (Å²) in [5.41, 5.74) is 1.61. The molecule has 0 aliphatic rings. The molecule has 2 N–H and O–H groups in total. The molecule has 6 heteroatoms. The van der Waals surface area contributed by atoms with Gasteiger partial charge in [-0.05, 0) is 26.6 Å². The monoisotopic (exact) mass is 313 g/mol. The Morgan fingerprint density at radius 1 is 1.17 bits per heavy atom. The van der Waals surface area contributed by atoms with Gasteiger partial charge in [-0.25, -0.2) is 9.97 Å². The van der Waals surface area contributed by atoms with E-state index >= 15 is 0 Å². The first-order chi connectivity index (χ1) is 11.1. The topological polar surface area (TPSA) is 70.2 Å². The highest BCUT2D eigenvalue weighted by molar-refractivity contribution is 5.93. The third kappa shape index (κ3) is 5.34. The first kappa shape index (κ1) is 16.9. The molecular formula is C17H23N5O. The lowest BCUT2D eigenvalue weighted by Crippen LogP contribution is -2.31. The van der Waals surface area contributed by atoms with E-state index in [2.05, 4.69) is 20.6 Å². The highest BCUT2D eigenvalue weighted by atomic mass is 16.1. The van der Waals surface area contributed by atoms with Gasteiger partial charge in [-0.1, -0.05) is 30.3 Å². The molecule has 1 unspecified atom stereocenters. The Morgan fingerprint density at radius 3 is 2.43 bits per heavy atom. The number of carbonyl (C=O) groups excluding carboxylic acids is 1. The molecule has 0 saturated heterocycles. The molecule has 0 bridgehead atoms. The van der Waals surface area contributed by atoms with Crippen molar-refractivity contribution in [2.45, 2.75) is 13.0 Å². The smallest absolute Gasteiger partial charge is 0.254 e. The van der Waals surface area contributed by atoms with Gasteiger partial charge >= 0.3 is 0 Å². The molecule has 2 rings (SSSR count). The molecule has 0 radical (unpaired) electrons. The molecule has 1 atom stereocenters. The van der Waals surface area contributed by atoms with Crippen molar-refractivity contribution in [3.05, 3.63) is 53.9 Å². The van der Waals surface area contributed by atoms with E-state index in [0.29, 0.717) is 18.1 Å². The summed E-state index contributed by atoms with van der Waals surface area (Å²) in [6.45, 7) is 3.43. The summed E-state index contributed by atoms with van der Waals surface area (Å²) in [5, 5.41) is 6.06. The number of likely N-dealkylation sites (N-methyl/N-ethyl adjacent to an activating group) is 1. The zero-order chi connectivity index (χ0) is 16.7. The van der Waals surface area contributed by atoms with E-state index in [1.54, 1.807) is 0 Å². The minimum absolute atomic E-state index is 0.0935. The lowest BCUT2D eigenvalue weighted by Gasteiger charge is -2.14. The summed E-state index contributed by atoms with van der Waals surface area (Å²) in [5.74, 6) is 0.348. The lowest BCUT2D eigenvalue weighted by atomic mass is 10.1. The largest absolute Gasteiger partial charge is 0.351 e. The van der Waals surface area contributed by atoms with E-state index in [1.165, 1.54) is 12.4 Å². The Hall–Kier alpha value is -2.47. The van der Waals surface area contributed by atoms with Crippen LogP contribution in [-0.4, -0.2) is 48.0 Å². The Morgan fingerprint density at radius 2 is 1.83 bits per heavy atom. The van der Waals surface area contributed by atoms with Crippen LogP contribution in [0.5, 0.6) is 0 Å². The van der Waals surface area contributed by atoms with Gasteiger partial charge in [0.2, 0.25) is 5.95 Å². The van der Waals surface area contributed by atoms with Crippen LogP contribution in [-0.2, 0) is 0 Å². The van der Waals surface area contributed by atoms with E-state index < -0.39 is 0 Å². The van der Waals surface area contributed by atoms with Crippen molar-refractivity contribution in [2.75, 3.05) is 32.5 Å². The van der Waals surface area contributed by atoms with Crippen molar-refractivity contribution in [3.8, 4) is 0 Å². The molecule has 0 spiro atoms. The van der Waals surface area contributed by atoms with Gasteiger partial charge in [-0.3, -0.25) is 4.79 Å². The molecule has 23 heavy (non-hydrogen) atoms. The summed E-state index contributed by atoms with van der Waals surface area (Å²) in [4.78, 5) is 22.4. The molecular weight excluding hydrogens is 290 g/mol. The third-order valence-corrected chi connectivity index (χ3v) is 3.40. The molecule has 0 aliphatic carbocycles. The molecule has 2 aromatic rings. The van der Waals surface area contributed by atoms with Crippen LogP contribution in [0.3, 0.4) is 0 Å². The van der Waals surface area contributed by atoms with Crippen LogP contribution in [0.4, 0.5) is 5.95 Å². The first-order valence-corrected chi connectivity index (χ1v) is 7.62. The lowest BCUT2D eigenvalue weighted by molar-refractivity contribution is 0.0950. The molecule has 6 nitrogen and oxygen atoms in total. The van der Waals surface area contributed by atoms with E-state index in [1.807, 2.05) is 56.3 Å². The summed E-state index contributed by atoms with van der Waals surface area (Å²) < 4.78 is 0. The van der Waals surface area contributed by atoms with Crippen LogP contribution in [0.15, 0.2) is 42.7 Å².